The Morgan fingerprint density at radius 3 is 2.21 bits per heavy atom. The number of benzene rings is 1. The van der Waals surface area contributed by atoms with Crippen molar-refractivity contribution in [3.63, 3.8) is 0 Å². The Labute approximate surface area is 117 Å². The quantitative estimate of drug-likeness (QED) is 0.631. The zero-order chi connectivity index (χ0) is 13.8. The maximum atomic E-state index is 11.8. The van der Waals surface area contributed by atoms with E-state index >= 15 is 0 Å². The molecule has 0 aliphatic heterocycles. The van der Waals surface area contributed by atoms with Gasteiger partial charge in [-0.2, -0.15) is 0 Å². The molecule has 0 aliphatic rings. The average molecular weight is 272 g/mol. The predicted molar refractivity (Wildman–Crippen MR) is 77.2 cm³/mol. The van der Waals surface area contributed by atoms with E-state index in [1.165, 1.54) is 11.8 Å². The first kappa shape index (κ1) is 13.7. The molecule has 1 aromatic carbocycles. The lowest BCUT2D eigenvalue weighted by molar-refractivity contribution is -0.116. The minimum Gasteiger partial charge on any atom is -0.298 e. The molecule has 0 fully saturated rings. The zero-order valence-electron chi connectivity index (χ0n) is 11.3. The smallest absolute Gasteiger partial charge is 0.189 e. The van der Waals surface area contributed by atoms with Crippen molar-refractivity contribution in [1.82, 2.24) is 9.97 Å². The molecule has 1 heterocycles. The molecular formula is C15H16N2OS. The molecule has 1 atom stereocenters. The second-order valence-electron chi connectivity index (χ2n) is 4.45. The van der Waals surface area contributed by atoms with Gasteiger partial charge in [0.05, 0.1) is 5.25 Å². The van der Waals surface area contributed by atoms with Crippen LogP contribution in [0.25, 0.3) is 0 Å². The molecular weight excluding hydrogens is 256 g/mol. The number of Topliss-reactive ketones (excluding diaryl/α,β-unsaturated/α-hetero) is 1. The van der Waals surface area contributed by atoms with Gasteiger partial charge in [-0.05, 0) is 32.4 Å². The van der Waals surface area contributed by atoms with Gasteiger partial charge in [0.2, 0.25) is 0 Å². The fraction of sp³-hybridized carbons (Fsp3) is 0.267. The summed E-state index contributed by atoms with van der Waals surface area (Å²) in [7, 11) is 0. The normalized spacial score (nSPS) is 12.2. The largest absolute Gasteiger partial charge is 0.298 e. The standard InChI is InChI=1S/C15H16N2OS/c1-10-9-11(2)17-15(16-10)19-14(12(3)18)13-7-5-4-6-8-13/h4-9,14H,1-3H3/t14-/m1/s1. The van der Waals surface area contributed by atoms with E-state index in [1.807, 2.05) is 50.2 Å². The number of hydrogen-bond acceptors (Lipinski definition) is 4. The molecule has 0 saturated carbocycles. The highest BCUT2D eigenvalue weighted by Gasteiger charge is 2.19. The first-order chi connectivity index (χ1) is 9.06. The lowest BCUT2D eigenvalue weighted by Crippen LogP contribution is -2.06. The third-order valence-corrected chi connectivity index (χ3v) is 3.89. The van der Waals surface area contributed by atoms with Crippen LogP contribution in [0.1, 0.15) is 29.1 Å². The van der Waals surface area contributed by atoms with Gasteiger partial charge in [0.25, 0.3) is 0 Å². The lowest BCUT2D eigenvalue weighted by atomic mass is 10.1. The predicted octanol–water partition coefficient (Wildman–Crippen LogP) is 3.52. The van der Waals surface area contributed by atoms with E-state index in [9.17, 15) is 4.79 Å². The molecule has 0 N–H and O–H groups in total. The summed E-state index contributed by atoms with van der Waals surface area (Å²) in [5, 5.41) is 0.406. The number of aromatic nitrogens is 2. The Balaban J connectivity index is 2.29. The second kappa shape index (κ2) is 5.97. The van der Waals surface area contributed by atoms with E-state index in [4.69, 9.17) is 0 Å². The second-order valence-corrected chi connectivity index (χ2v) is 5.52. The maximum absolute atomic E-state index is 11.8. The molecule has 19 heavy (non-hydrogen) atoms. The number of nitrogens with zero attached hydrogens (tertiary/aromatic N) is 2. The number of aryl methyl sites for hydroxylation is 2. The van der Waals surface area contributed by atoms with Gasteiger partial charge in [-0.25, -0.2) is 9.97 Å². The molecule has 3 nitrogen and oxygen atoms in total. The highest BCUT2D eigenvalue weighted by Crippen LogP contribution is 2.34. The molecule has 1 aromatic heterocycles. The summed E-state index contributed by atoms with van der Waals surface area (Å²) in [6.45, 7) is 5.47. The Morgan fingerprint density at radius 1 is 1.11 bits per heavy atom. The van der Waals surface area contributed by atoms with Gasteiger partial charge >= 0.3 is 0 Å². The van der Waals surface area contributed by atoms with Gasteiger partial charge in [0.1, 0.15) is 5.78 Å². The van der Waals surface area contributed by atoms with E-state index in [-0.39, 0.29) is 11.0 Å². The number of hydrogen-bond donors (Lipinski definition) is 0. The van der Waals surface area contributed by atoms with Crippen LogP contribution >= 0.6 is 11.8 Å². The van der Waals surface area contributed by atoms with Crippen LogP contribution < -0.4 is 0 Å². The summed E-state index contributed by atoms with van der Waals surface area (Å²) in [4.78, 5) is 20.6. The van der Waals surface area contributed by atoms with E-state index < -0.39 is 0 Å². The summed E-state index contributed by atoms with van der Waals surface area (Å²) in [6, 6.07) is 11.7. The zero-order valence-corrected chi connectivity index (χ0v) is 12.1. The fourth-order valence-corrected chi connectivity index (χ4v) is 2.93. The number of ketones is 1. The molecule has 0 aliphatic carbocycles. The van der Waals surface area contributed by atoms with E-state index in [1.54, 1.807) is 6.92 Å². The number of thioether (sulfide) groups is 1. The molecule has 4 heteroatoms. The number of carbonyl (C=O) groups is 1. The van der Waals surface area contributed by atoms with Crippen LogP contribution in [0.4, 0.5) is 0 Å². The van der Waals surface area contributed by atoms with Crippen molar-refractivity contribution in [2.45, 2.75) is 31.2 Å². The fourth-order valence-electron chi connectivity index (χ4n) is 1.87. The Kier molecular flexibility index (Phi) is 4.32. The van der Waals surface area contributed by atoms with Crippen LogP contribution in [0, 0.1) is 13.8 Å². The monoisotopic (exact) mass is 272 g/mol. The topological polar surface area (TPSA) is 42.9 Å². The Bertz CT molecular complexity index is 564. The van der Waals surface area contributed by atoms with E-state index in [0.717, 1.165) is 17.0 Å². The number of carbonyl (C=O) groups excluding carboxylic acids is 1. The summed E-state index contributed by atoms with van der Waals surface area (Å²) in [6.07, 6.45) is 0. The molecule has 0 amide bonds. The SMILES string of the molecule is CC(=O)[C@@H](Sc1nc(C)cc(C)n1)c1ccccc1. The van der Waals surface area contributed by atoms with Gasteiger partial charge < -0.3 is 0 Å². The van der Waals surface area contributed by atoms with Crippen LogP contribution in [0.3, 0.4) is 0 Å². The van der Waals surface area contributed by atoms with Crippen molar-refractivity contribution >= 4 is 17.5 Å². The molecule has 0 radical (unpaired) electrons. The van der Waals surface area contributed by atoms with Gasteiger partial charge in [-0.15, -0.1) is 0 Å². The first-order valence-corrected chi connectivity index (χ1v) is 6.98. The average Bonchev–Trinajstić information content (AvgIpc) is 2.35. The molecule has 0 saturated heterocycles. The highest BCUT2D eigenvalue weighted by molar-refractivity contribution is 8.00. The van der Waals surface area contributed by atoms with Gasteiger partial charge in [0, 0.05) is 11.4 Å². The van der Waals surface area contributed by atoms with Crippen molar-refractivity contribution in [2.75, 3.05) is 0 Å². The molecule has 98 valence electrons. The minimum absolute atomic E-state index is 0.110. The van der Waals surface area contributed by atoms with Crippen molar-refractivity contribution in [3.8, 4) is 0 Å². The summed E-state index contributed by atoms with van der Waals surface area (Å²) < 4.78 is 0. The lowest BCUT2D eigenvalue weighted by Gasteiger charge is -2.13. The van der Waals surface area contributed by atoms with Crippen molar-refractivity contribution in [3.05, 3.63) is 53.3 Å². The molecule has 0 unspecified atom stereocenters. The summed E-state index contributed by atoms with van der Waals surface area (Å²) in [5.41, 5.74) is 2.83. The van der Waals surface area contributed by atoms with Crippen LogP contribution in [0.15, 0.2) is 41.6 Å². The third-order valence-electron chi connectivity index (χ3n) is 2.66. The van der Waals surface area contributed by atoms with Gasteiger partial charge in [-0.3, -0.25) is 4.79 Å². The van der Waals surface area contributed by atoms with Crippen molar-refractivity contribution in [2.24, 2.45) is 0 Å². The third kappa shape index (κ3) is 3.64. The van der Waals surface area contributed by atoms with Gasteiger partial charge in [-0.1, -0.05) is 42.1 Å². The van der Waals surface area contributed by atoms with E-state index in [2.05, 4.69) is 9.97 Å². The molecule has 0 spiro atoms. The molecule has 0 bridgehead atoms. The Hall–Kier alpha value is -1.68. The first-order valence-electron chi connectivity index (χ1n) is 6.10. The van der Waals surface area contributed by atoms with Crippen molar-refractivity contribution in [1.29, 1.82) is 0 Å². The molecule has 2 aromatic rings. The van der Waals surface area contributed by atoms with Crippen LogP contribution in [0.2, 0.25) is 0 Å². The van der Waals surface area contributed by atoms with Gasteiger partial charge in [0.15, 0.2) is 5.16 Å². The minimum atomic E-state index is -0.248. The summed E-state index contributed by atoms with van der Waals surface area (Å²) in [5.74, 6) is 0.110. The Morgan fingerprint density at radius 2 is 1.68 bits per heavy atom. The maximum Gasteiger partial charge on any atom is 0.189 e. The molecule has 2 rings (SSSR count). The van der Waals surface area contributed by atoms with Crippen LogP contribution in [-0.2, 0) is 4.79 Å². The summed E-state index contributed by atoms with van der Waals surface area (Å²) >= 11 is 1.41. The van der Waals surface area contributed by atoms with Crippen LogP contribution in [0.5, 0.6) is 0 Å². The van der Waals surface area contributed by atoms with Crippen molar-refractivity contribution < 1.29 is 4.79 Å². The van der Waals surface area contributed by atoms with Crippen LogP contribution in [-0.4, -0.2) is 15.8 Å². The highest BCUT2D eigenvalue weighted by atomic mass is 32.2. The number of rotatable bonds is 4. The van der Waals surface area contributed by atoms with E-state index in [0.29, 0.717) is 5.16 Å².